The van der Waals surface area contributed by atoms with Crippen LogP contribution in [0, 0.1) is 17.6 Å². The van der Waals surface area contributed by atoms with E-state index < -0.39 is 11.6 Å². The summed E-state index contributed by atoms with van der Waals surface area (Å²) in [4.78, 5) is 6.92. The third-order valence-corrected chi connectivity index (χ3v) is 5.25. The lowest BCUT2D eigenvalue weighted by molar-refractivity contribution is 0.328. The van der Waals surface area contributed by atoms with Crippen LogP contribution in [0.1, 0.15) is 24.5 Å². The van der Waals surface area contributed by atoms with E-state index in [9.17, 15) is 8.78 Å². The Labute approximate surface area is 195 Å². The average molecular weight is 528 g/mol. The zero-order chi connectivity index (χ0) is 20.5. The molecule has 1 saturated heterocycles. The molecule has 164 valence electrons. The summed E-state index contributed by atoms with van der Waals surface area (Å²) in [5.74, 6) is 0.311. The van der Waals surface area contributed by atoms with Crippen LogP contribution in [-0.2, 0) is 13.0 Å². The molecule has 4 nitrogen and oxygen atoms in total. The van der Waals surface area contributed by atoms with Crippen LogP contribution in [0.15, 0.2) is 53.5 Å². The van der Waals surface area contributed by atoms with Gasteiger partial charge in [0.1, 0.15) is 11.6 Å². The Morgan fingerprint density at radius 2 is 1.93 bits per heavy atom. The fourth-order valence-corrected chi connectivity index (χ4v) is 3.63. The summed E-state index contributed by atoms with van der Waals surface area (Å²) in [5.41, 5.74) is 1.63. The first-order valence-electron chi connectivity index (χ1n) is 10.4. The van der Waals surface area contributed by atoms with Crippen molar-refractivity contribution >= 4 is 29.9 Å². The Morgan fingerprint density at radius 1 is 1.13 bits per heavy atom. The van der Waals surface area contributed by atoms with Crippen molar-refractivity contribution in [1.29, 1.82) is 0 Å². The van der Waals surface area contributed by atoms with Gasteiger partial charge in [-0.1, -0.05) is 30.3 Å². The van der Waals surface area contributed by atoms with Crippen molar-refractivity contribution in [3.8, 4) is 0 Å². The van der Waals surface area contributed by atoms with E-state index in [0.717, 1.165) is 51.2 Å². The smallest absolute Gasteiger partial charge is 0.191 e. The molecule has 2 N–H and O–H groups in total. The second kappa shape index (κ2) is 12.8. The van der Waals surface area contributed by atoms with E-state index in [-0.39, 0.29) is 36.1 Å². The van der Waals surface area contributed by atoms with Gasteiger partial charge in [0.2, 0.25) is 0 Å². The lowest BCUT2D eigenvalue weighted by Crippen LogP contribution is -2.40. The summed E-state index contributed by atoms with van der Waals surface area (Å²) < 4.78 is 27.1. The fraction of sp³-hybridized carbons (Fsp3) is 0.435. The highest BCUT2D eigenvalue weighted by molar-refractivity contribution is 14.0. The zero-order valence-electron chi connectivity index (χ0n) is 17.4. The van der Waals surface area contributed by atoms with Crippen LogP contribution in [0.3, 0.4) is 0 Å². The number of likely N-dealkylation sites (tertiary alicyclic amines) is 1. The van der Waals surface area contributed by atoms with Crippen LogP contribution < -0.4 is 10.6 Å². The molecule has 7 heteroatoms. The molecular formula is C23H31F2IN4. The minimum atomic E-state index is -0.448. The molecule has 2 aromatic rings. The maximum absolute atomic E-state index is 13.8. The number of guanidine groups is 1. The largest absolute Gasteiger partial charge is 0.357 e. The van der Waals surface area contributed by atoms with E-state index in [2.05, 4.69) is 44.8 Å². The van der Waals surface area contributed by atoms with E-state index in [1.54, 1.807) is 0 Å². The van der Waals surface area contributed by atoms with E-state index in [1.807, 2.05) is 13.0 Å². The Bertz CT molecular complexity index is 801. The standard InChI is InChI=1S/C23H30F2N4.HI/c1-2-26-23(28-16-20-14-21(24)8-9-22(20)25)27-15-19-11-13-29(17-19)12-10-18-6-4-3-5-7-18;/h3-9,14,19H,2,10-13,15-17H2,1H3,(H2,26,27,28);1H. The number of benzene rings is 2. The first-order valence-corrected chi connectivity index (χ1v) is 10.4. The van der Waals surface area contributed by atoms with E-state index in [4.69, 9.17) is 0 Å². The SMILES string of the molecule is CCNC(=NCc1cc(F)ccc1F)NCC1CCN(CCc2ccccc2)C1.I. The van der Waals surface area contributed by atoms with Gasteiger partial charge >= 0.3 is 0 Å². The predicted octanol–water partition coefficient (Wildman–Crippen LogP) is 4.20. The van der Waals surface area contributed by atoms with Gasteiger partial charge in [-0.15, -0.1) is 24.0 Å². The second-order valence-corrected chi connectivity index (χ2v) is 7.50. The van der Waals surface area contributed by atoms with Gasteiger partial charge in [-0.25, -0.2) is 13.8 Å². The molecule has 0 spiro atoms. The molecule has 1 aliphatic heterocycles. The molecule has 1 atom stereocenters. The van der Waals surface area contributed by atoms with Gasteiger partial charge in [-0.3, -0.25) is 0 Å². The summed E-state index contributed by atoms with van der Waals surface area (Å²) in [6.07, 6.45) is 2.23. The Morgan fingerprint density at radius 3 is 2.70 bits per heavy atom. The fourth-order valence-electron chi connectivity index (χ4n) is 3.63. The number of rotatable bonds is 8. The maximum atomic E-state index is 13.8. The first-order chi connectivity index (χ1) is 14.1. The molecule has 0 saturated carbocycles. The van der Waals surface area contributed by atoms with E-state index in [1.165, 1.54) is 11.6 Å². The third-order valence-electron chi connectivity index (χ3n) is 5.25. The Hall–Kier alpha value is -1.74. The summed E-state index contributed by atoms with van der Waals surface area (Å²) in [7, 11) is 0. The highest BCUT2D eigenvalue weighted by atomic mass is 127. The summed E-state index contributed by atoms with van der Waals surface area (Å²) >= 11 is 0. The van der Waals surface area contributed by atoms with Crippen LogP contribution in [0.4, 0.5) is 8.78 Å². The molecule has 0 amide bonds. The van der Waals surface area contributed by atoms with Gasteiger partial charge in [-0.2, -0.15) is 0 Å². The van der Waals surface area contributed by atoms with Crippen LogP contribution >= 0.6 is 24.0 Å². The topological polar surface area (TPSA) is 39.7 Å². The lowest BCUT2D eigenvalue weighted by Gasteiger charge is -2.17. The molecule has 0 bridgehead atoms. The predicted molar refractivity (Wildman–Crippen MR) is 129 cm³/mol. The molecule has 30 heavy (non-hydrogen) atoms. The van der Waals surface area contributed by atoms with Gasteiger partial charge in [0.25, 0.3) is 0 Å². The van der Waals surface area contributed by atoms with Crippen molar-refractivity contribution < 1.29 is 8.78 Å². The number of hydrogen-bond acceptors (Lipinski definition) is 2. The number of nitrogens with zero attached hydrogens (tertiary/aromatic N) is 2. The summed E-state index contributed by atoms with van der Waals surface area (Å²) in [6, 6.07) is 14.0. The van der Waals surface area contributed by atoms with E-state index in [0.29, 0.717) is 18.4 Å². The highest BCUT2D eigenvalue weighted by Gasteiger charge is 2.22. The van der Waals surface area contributed by atoms with Crippen molar-refractivity contribution in [2.45, 2.75) is 26.3 Å². The maximum Gasteiger partial charge on any atom is 0.191 e. The third kappa shape index (κ3) is 7.83. The average Bonchev–Trinajstić information content (AvgIpc) is 3.19. The van der Waals surface area contributed by atoms with Crippen LogP contribution in [0.2, 0.25) is 0 Å². The minimum Gasteiger partial charge on any atom is -0.357 e. The second-order valence-electron chi connectivity index (χ2n) is 7.50. The van der Waals surface area contributed by atoms with Gasteiger partial charge in [-0.05, 0) is 56.0 Å². The van der Waals surface area contributed by atoms with Crippen LogP contribution in [0.5, 0.6) is 0 Å². The summed E-state index contributed by atoms with van der Waals surface area (Å²) in [5, 5.41) is 6.54. The quantitative estimate of drug-likeness (QED) is 0.307. The number of hydrogen-bond donors (Lipinski definition) is 2. The van der Waals surface area contributed by atoms with Crippen LogP contribution in [-0.4, -0.2) is 43.6 Å². The molecule has 0 radical (unpaired) electrons. The lowest BCUT2D eigenvalue weighted by atomic mass is 10.1. The summed E-state index contributed by atoms with van der Waals surface area (Å²) in [6.45, 7) is 6.88. The monoisotopic (exact) mass is 528 g/mol. The van der Waals surface area contributed by atoms with Crippen molar-refractivity contribution in [2.24, 2.45) is 10.9 Å². The van der Waals surface area contributed by atoms with Gasteiger partial charge < -0.3 is 15.5 Å². The molecule has 1 fully saturated rings. The van der Waals surface area contributed by atoms with E-state index >= 15 is 0 Å². The molecule has 0 aromatic heterocycles. The van der Waals surface area contributed by atoms with Crippen molar-refractivity contribution in [3.63, 3.8) is 0 Å². The molecule has 1 heterocycles. The number of aliphatic imine (C=N–C) groups is 1. The molecule has 0 aliphatic carbocycles. The van der Waals surface area contributed by atoms with Crippen molar-refractivity contribution in [1.82, 2.24) is 15.5 Å². The molecular weight excluding hydrogens is 497 g/mol. The Kier molecular flexibility index (Phi) is 10.5. The van der Waals surface area contributed by atoms with Crippen molar-refractivity contribution in [2.75, 3.05) is 32.7 Å². The normalized spacial score (nSPS) is 16.9. The minimum absolute atomic E-state index is 0. The molecule has 1 unspecified atom stereocenters. The highest BCUT2D eigenvalue weighted by Crippen LogP contribution is 2.16. The van der Waals surface area contributed by atoms with Gasteiger partial charge in [0.05, 0.1) is 6.54 Å². The number of halogens is 3. The van der Waals surface area contributed by atoms with Crippen LogP contribution in [0.25, 0.3) is 0 Å². The van der Waals surface area contributed by atoms with Gasteiger partial charge in [0, 0.05) is 31.7 Å². The Balaban J connectivity index is 0.00000320. The first kappa shape index (κ1) is 24.5. The zero-order valence-corrected chi connectivity index (χ0v) is 19.7. The molecule has 1 aliphatic rings. The van der Waals surface area contributed by atoms with Crippen molar-refractivity contribution in [3.05, 3.63) is 71.3 Å². The molecule has 3 rings (SSSR count). The number of nitrogens with one attached hydrogen (secondary N) is 2. The molecule has 2 aromatic carbocycles. The van der Waals surface area contributed by atoms with Gasteiger partial charge in [0.15, 0.2) is 5.96 Å².